The van der Waals surface area contributed by atoms with Crippen LogP contribution in [0.1, 0.15) is 11.1 Å². The lowest BCUT2D eigenvalue weighted by atomic mass is 10.0. The van der Waals surface area contributed by atoms with Crippen LogP contribution in [0.3, 0.4) is 0 Å². The Morgan fingerprint density at radius 3 is 2.58 bits per heavy atom. The van der Waals surface area contributed by atoms with Gasteiger partial charge in [0.15, 0.2) is 0 Å². The number of nitrogens with zero attached hydrogens (tertiary/aromatic N) is 1. The van der Waals surface area contributed by atoms with Gasteiger partial charge in [0.1, 0.15) is 5.75 Å². The van der Waals surface area contributed by atoms with Crippen molar-refractivity contribution in [1.29, 1.82) is 0 Å². The molecule has 3 aromatic rings. The number of rotatable bonds is 5. The van der Waals surface area contributed by atoms with Crippen LogP contribution in [0.15, 0.2) is 68.6 Å². The molecule has 3 aromatic carbocycles. The fourth-order valence-electron chi connectivity index (χ4n) is 2.63. The van der Waals surface area contributed by atoms with Crippen molar-refractivity contribution in [3.05, 3.63) is 74.7 Å². The molecule has 0 atom stereocenters. The number of carbonyl (C=O) groups excluding carboxylic acids is 1. The molecule has 132 valence electrons. The molecule has 0 fully saturated rings. The van der Waals surface area contributed by atoms with Crippen LogP contribution in [0.5, 0.6) is 5.75 Å². The summed E-state index contributed by atoms with van der Waals surface area (Å²) in [6, 6.07) is 17.5. The average Bonchev–Trinajstić information content (AvgIpc) is 2.64. The minimum Gasteiger partial charge on any atom is -0.496 e. The molecule has 1 amide bonds. The Hall–Kier alpha value is -2.18. The summed E-state index contributed by atoms with van der Waals surface area (Å²) in [4.78, 5) is 12.2. The van der Waals surface area contributed by atoms with Crippen molar-refractivity contribution in [3.63, 3.8) is 0 Å². The number of amides is 1. The van der Waals surface area contributed by atoms with Gasteiger partial charge in [-0.25, -0.2) is 5.43 Å². The van der Waals surface area contributed by atoms with Crippen molar-refractivity contribution in [2.75, 3.05) is 7.11 Å². The number of hydrogen-bond acceptors (Lipinski definition) is 3. The van der Waals surface area contributed by atoms with Crippen LogP contribution in [-0.2, 0) is 11.2 Å². The molecule has 0 aliphatic carbocycles. The zero-order chi connectivity index (χ0) is 18.5. The smallest absolute Gasteiger partial charge is 0.244 e. The molecule has 6 heteroatoms. The van der Waals surface area contributed by atoms with Crippen LogP contribution < -0.4 is 10.2 Å². The lowest BCUT2D eigenvalue weighted by molar-refractivity contribution is -0.120. The number of benzene rings is 3. The van der Waals surface area contributed by atoms with Crippen molar-refractivity contribution in [3.8, 4) is 5.75 Å². The fraction of sp³-hybridized carbons (Fsp3) is 0.100. The monoisotopic (exact) mass is 474 g/mol. The first kappa shape index (κ1) is 18.6. The van der Waals surface area contributed by atoms with Crippen LogP contribution in [0.25, 0.3) is 10.8 Å². The minimum atomic E-state index is -0.165. The summed E-state index contributed by atoms with van der Waals surface area (Å²) in [5, 5.41) is 6.18. The molecule has 4 nitrogen and oxygen atoms in total. The molecule has 0 spiro atoms. The first-order valence-electron chi connectivity index (χ1n) is 7.90. The summed E-state index contributed by atoms with van der Waals surface area (Å²) < 4.78 is 7.03. The molecule has 3 rings (SSSR count). The van der Waals surface area contributed by atoms with Gasteiger partial charge in [0.2, 0.25) is 5.91 Å². The number of ether oxygens (including phenoxy) is 1. The van der Waals surface area contributed by atoms with Crippen LogP contribution in [-0.4, -0.2) is 19.2 Å². The third-order valence-corrected chi connectivity index (χ3v) is 5.20. The van der Waals surface area contributed by atoms with Gasteiger partial charge in [-0.15, -0.1) is 0 Å². The number of hydrogen-bond donors (Lipinski definition) is 1. The Bertz CT molecular complexity index is 987. The maximum absolute atomic E-state index is 12.2. The van der Waals surface area contributed by atoms with E-state index in [1.54, 1.807) is 13.3 Å². The van der Waals surface area contributed by atoms with Gasteiger partial charge in [-0.05, 0) is 62.1 Å². The Balaban J connectivity index is 1.68. The van der Waals surface area contributed by atoms with Gasteiger partial charge in [-0.1, -0.05) is 46.3 Å². The van der Waals surface area contributed by atoms with Crippen molar-refractivity contribution in [1.82, 2.24) is 5.43 Å². The first-order chi connectivity index (χ1) is 12.6. The zero-order valence-electron chi connectivity index (χ0n) is 14.0. The van der Waals surface area contributed by atoms with E-state index in [-0.39, 0.29) is 12.3 Å². The first-order valence-corrected chi connectivity index (χ1v) is 9.48. The Morgan fingerprint density at radius 2 is 1.85 bits per heavy atom. The number of carbonyl (C=O) groups is 1. The summed E-state index contributed by atoms with van der Waals surface area (Å²) >= 11 is 6.97. The summed E-state index contributed by atoms with van der Waals surface area (Å²) in [5.41, 5.74) is 4.39. The molecular weight excluding hydrogens is 460 g/mol. The minimum absolute atomic E-state index is 0.165. The Labute approximate surface area is 168 Å². The highest BCUT2D eigenvalue weighted by atomic mass is 79.9. The molecule has 0 aliphatic rings. The highest BCUT2D eigenvalue weighted by Gasteiger charge is 2.08. The number of halogens is 2. The van der Waals surface area contributed by atoms with Gasteiger partial charge >= 0.3 is 0 Å². The number of hydrazone groups is 1. The number of fused-ring (bicyclic) bond motifs is 1. The molecule has 0 saturated carbocycles. The van der Waals surface area contributed by atoms with E-state index >= 15 is 0 Å². The van der Waals surface area contributed by atoms with Gasteiger partial charge in [-0.2, -0.15) is 5.10 Å². The SMILES string of the molecule is COc1ccc(/C=N\NC(=O)Cc2ccc(Br)c3ccccc23)cc1Br. The van der Waals surface area contributed by atoms with Gasteiger partial charge in [-0.3, -0.25) is 4.79 Å². The van der Waals surface area contributed by atoms with E-state index in [9.17, 15) is 4.79 Å². The van der Waals surface area contributed by atoms with Gasteiger partial charge in [0.25, 0.3) is 0 Å². The standard InChI is InChI=1S/C20H16Br2N2O2/c1-26-19-9-6-13(10-18(19)22)12-23-24-20(25)11-14-7-8-17(21)16-5-3-2-4-15(14)16/h2-10,12H,11H2,1H3,(H,24,25)/b23-12-. The van der Waals surface area contributed by atoms with Crippen molar-refractivity contribution in [2.45, 2.75) is 6.42 Å². The second-order valence-electron chi connectivity index (χ2n) is 5.62. The molecule has 0 aromatic heterocycles. The Morgan fingerprint density at radius 1 is 1.08 bits per heavy atom. The summed E-state index contributed by atoms with van der Waals surface area (Å²) in [7, 11) is 1.61. The van der Waals surface area contributed by atoms with Crippen molar-refractivity contribution in [2.24, 2.45) is 5.10 Å². The third kappa shape index (κ3) is 4.31. The number of nitrogens with one attached hydrogen (secondary N) is 1. The molecule has 0 heterocycles. The van der Waals surface area contributed by atoms with Gasteiger partial charge in [0.05, 0.1) is 24.2 Å². The van der Waals surface area contributed by atoms with Crippen molar-refractivity contribution < 1.29 is 9.53 Å². The molecular formula is C20H16Br2N2O2. The van der Waals surface area contributed by atoms with Gasteiger partial charge in [0, 0.05) is 4.47 Å². The van der Waals surface area contributed by atoms with E-state index in [1.165, 1.54) is 0 Å². The van der Waals surface area contributed by atoms with E-state index in [4.69, 9.17) is 4.74 Å². The highest BCUT2D eigenvalue weighted by molar-refractivity contribution is 9.11. The predicted octanol–water partition coefficient (Wildman–Crippen LogP) is 5.07. The molecule has 26 heavy (non-hydrogen) atoms. The van der Waals surface area contributed by atoms with E-state index in [0.717, 1.165) is 36.6 Å². The zero-order valence-corrected chi connectivity index (χ0v) is 17.2. The molecule has 0 unspecified atom stereocenters. The molecule has 0 saturated heterocycles. The maximum atomic E-state index is 12.2. The summed E-state index contributed by atoms with van der Waals surface area (Å²) in [6.45, 7) is 0. The number of methoxy groups -OCH3 is 1. The quantitative estimate of drug-likeness (QED) is 0.414. The highest BCUT2D eigenvalue weighted by Crippen LogP contribution is 2.27. The Kier molecular flexibility index (Phi) is 6.06. The van der Waals surface area contributed by atoms with Crippen LogP contribution >= 0.6 is 31.9 Å². The topological polar surface area (TPSA) is 50.7 Å². The molecule has 0 radical (unpaired) electrons. The second kappa shape index (κ2) is 8.47. The summed E-state index contributed by atoms with van der Waals surface area (Å²) in [6.07, 6.45) is 1.86. The molecule has 1 N–H and O–H groups in total. The van der Waals surface area contributed by atoms with E-state index in [1.807, 2.05) is 54.6 Å². The van der Waals surface area contributed by atoms with E-state index < -0.39 is 0 Å². The average molecular weight is 476 g/mol. The summed E-state index contributed by atoms with van der Waals surface area (Å²) in [5.74, 6) is 0.578. The second-order valence-corrected chi connectivity index (χ2v) is 7.32. The largest absolute Gasteiger partial charge is 0.496 e. The normalized spacial score (nSPS) is 11.0. The van der Waals surface area contributed by atoms with Crippen LogP contribution in [0, 0.1) is 0 Å². The maximum Gasteiger partial charge on any atom is 0.244 e. The molecule has 0 bridgehead atoms. The lowest BCUT2D eigenvalue weighted by Gasteiger charge is -2.07. The lowest BCUT2D eigenvalue weighted by Crippen LogP contribution is -2.19. The molecule has 0 aliphatic heterocycles. The third-order valence-electron chi connectivity index (χ3n) is 3.89. The van der Waals surface area contributed by atoms with Crippen LogP contribution in [0.2, 0.25) is 0 Å². The van der Waals surface area contributed by atoms with E-state index in [2.05, 4.69) is 42.4 Å². The van der Waals surface area contributed by atoms with Crippen molar-refractivity contribution >= 4 is 54.8 Å². The van der Waals surface area contributed by atoms with Gasteiger partial charge < -0.3 is 4.74 Å². The van der Waals surface area contributed by atoms with E-state index in [0.29, 0.717) is 0 Å². The fourth-order valence-corrected chi connectivity index (χ4v) is 3.67. The predicted molar refractivity (Wildman–Crippen MR) is 112 cm³/mol. The van der Waals surface area contributed by atoms with Crippen LogP contribution in [0.4, 0.5) is 0 Å².